The van der Waals surface area contributed by atoms with Gasteiger partial charge in [0.05, 0.1) is 44.9 Å². The minimum atomic E-state index is -5.32. The summed E-state index contributed by atoms with van der Waals surface area (Å²) in [6.07, 6.45) is -7.74. The van der Waals surface area contributed by atoms with E-state index in [4.69, 9.17) is 38.4 Å². The van der Waals surface area contributed by atoms with E-state index in [1.54, 1.807) is 12.1 Å². The molecule has 642 valence electrons. The van der Waals surface area contributed by atoms with Gasteiger partial charge in [0.15, 0.2) is 0 Å². The topological polar surface area (TPSA) is 215 Å². The summed E-state index contributed by atoms with van der Waals surface area (Å²) in [6, 6.07) is 19.3. The highest BCUT2D eigenvalue weighted by Crippen LogP contribution is 2.72. The number of fused-ring (bicyclic) bond motifs is 1. The number of benzene rings is 2. The third-order valence-corrected chi connectivity index (χ3v) is 33.8. The maximum Gasteiger partial charge on any atom is 0.490 e. The van der Waals surface area contributed by atoms with Gasteiger partial charge in [-0.25, -0.2) is 29.1 Å². The minimum Gasteiger partial charge on any atom is -0.462 e. The predicted octanol–water partition coefficient (Wildman–Crippen LogP) is 22.5. The Hall–Kier alpha value is -8.56. The highest BCUT2D eigenvalue weighted by Gasteiger charge is 2.71. The van der Waals surface area contributed by atoms with Gasteiger partial charge in [0, 0.05) is 57.7 Å². The third kappa shape index (κ3) is 13.6. The van der Waals surface area contributed by atoms with Crippen LogP contribution in [0.3, 0.4) is 0 Å². The van der Waals surface area contributed by atoms with Crippen molar-refractivity contribution in [2.75, 3.05) is 0 Å². The first-order chi connectivity index (χ1) is 56.9. The zero-order valence-corrected chi connectivity index (χ0v) is 71.8. The first kappa shape index (κ1) is 83.7. The molecule has 2 aromatic carbocycles. The fraction of sp³-hybridized carbons (Fsp3) is 0.612. The summed E-state index contributed by atoms with van der Waals surface area (Å²) in [6.45, 7) is 29.2. The van der Waals surface area contributed by atoms with E-state index in [1.165, 1.54) is 0 Å². The van der Waals surface area contributed by atoms with Gasteiger partial charge in [-0.05, 0) is 318 Å². The van der Waals surface area contributed by atoms with Gasteiger partial charge in [-0.3, -0.25) is 9.59 Å². The quantitative estimate of drug-likeness (QED) is 0.0919. The molecular weight excluding hydrogens is 1540 g/mol. The molecule has 5 aromatic rings. The van der Waals surface area contributed by atoms with Gasteiger partial charge in [-0.1, -0.05) is 93.5 Å². The molecule has 22 heteroatoms. The van der Waals surface area contributed by atoms with Gasteiger partial charge in [0.2, 0.25) is 0 Å². The number of ether oxygens (including phenoxy) is 6. The highest BCUT2D eigenvalue weighted by molar-refractivity contribution is 6.05. The fourth-order valence-corrected chi connectivity index (χ4v) is 27.8. The van der Waals surface area contributed by atoms with Crippen molar-refractivity contribution < 1.29 is 83.5 Å². The number of alkyl halides is 6. The normalized spacial score (nSPS) is 35.0. The van der Waals surface area contributed by atoms with Crippen LogP contribution in [-0.2, 0) is 60.4 Å². The van der Waals surface area contributed by atoms with Crippen molar-refractivity contribution in [2.45, 2.75) is 287 Å². The molecule has 1 saturated heterocycles. The zero-order chi connectivity index (χ0) is 85.3. The number of nitrogens with one attached hydrogen (secondary N) is 2. The maximum atomic E-state index is 15.4. The smallest absolute Gasteiger partial charge is 0.462 e. The molecule has 12 aliphatic heterocycles. The first-order valence-corrected chi connectivity index (χ1v) is 44.7. The van der Waals surface area contributed by atoms with Gasteiger partial charge >= 0.3 is 48.2 Å². The van der Waals surface area contributed by atoms with E-state index in [0.29, 0.717) is 119 Å². The van der Waals surface area contributed by atoms with Crippen LogP contribution in [0.1, 0.15) is 277 Å². The molecule has 22 unspecified atom stereocenters. The minimum absolute atomic E-state index is 0.0320. The molecular formula is C98H116F6N4O12. The van der Waals surface area contributed by atoms with Crippen LogP contribution in [0.4, 0.5) is 26.3 Å². The summed E-state index contributed by atoms with van der Waals surface area (Å²) in [7, 11) is 0. The van der Waals surface area contributed by atoms with Crippen molar-refractivity contribution in [1.29, 1.82) is 0 Å². The molecule has 22 atom stereocenters. The molecule has 120 heavy (non-hydrogen) atoms. The standard InChI is InChI=1S/C98H116F6N4O12/c1-15-61-49(7)85-81-53-21-19-23-55(37-53)89(111)115-59-33-35-93(11)57(39-59)41-75-83-67-29-27-65(95(67,13)77(43-69(83)93)119-91(113)97(99,100)101)48(6)26-32-80(110)118-76-42-58-40-60(34-36-94(58,12)70-44-78(120-92(114)98(102,103)104)96(14)66(28-30-68(96)84(70)76)47(5)25-31-79(109)117-75)116-90(112)56-24-20-22-54(38-56)82(87-50(8)62(16-2)72(106-87)45-71(61)105-85)88-52(10)64(18-4)74(108-88)46-73-63(17-3)51(9)86(81)107-73/h19-24,37-38,45-48,57-60,65-70,75-78,83-84,105,107H,15-18,25-36,39-44H2,1-14H3. The molecule has 0 spiro atoms. The average Bonchev–Trinajstić information content (AvgIpc) is 1.39. The molecule has 20 aliphatic rings. The van der Waals surface area contributed by atoms with Gasteiger partial charge in [-0.2, -0.15) is 26.3 Å². The molecule has 15 heterocycles. The Labute approximate surface area is 699 Å². The lowest BCUT2D eigenvalue weighted by atomic mass is 9.43. The van der Waals surface area contributed by atoms with E-state index in [-0.39, 0.29) is 74.0 Å². The summed E-state index contributed by atoms with van der Waals surface area (Å²) in [4.78, 5) is 108. The Morgan fingerprint density at radius 1 is 0.475 bits per heavy atom. The molecule has 2 N–H and O–H groups in total. The number of hydrogen-bond donors (Lipinski definition) is 2. The number of halogens is 6. The van der Waals surface area contributed by atoms with Crippen LogP contribution in [0.15, 0.2) is 60.7 Å². The third-order valence-electron chi connectivity index (χ3n) is 33.8. The number of aryl methyl sites for hydroxylation is 4. The Morgan fingerprint density at radius 2 is 0.858 bits per heavy atom. The van der Waals surface area contributed by atoms with Crippen molar-refractivity contribution in [1.82, 2.24) is 19.9 Å². The van der Waals surface area contributed by atoms with Gasteiger partial charge < -0.3 is 38.4 Å². The molecule has 8 saturated carbocycles. The Balaban J connectivity index is 0.854. The van der Waals surface area contributed by atoms with E-state index >= 15 is 19.2 Å². The number of carbonyl (C=O) groups is 6. The van der Waals surface area contributed by atoms with E-state index in [2.05, 4.69) is 91.3 Å². The zero-order valence-electron chi connectivity index (χ0n) is 71.8. The largest absolute Gasteiger partial charge is 0.490 e. The summed E-state index contributed by atoms with van der Waals surface area (Å²) in [5.41, 5.74) is 14.7. The number of aromatic nitrogens is 4. The van der Waals surface area contributed by atoms with Crippen LogP contribution in [0.2, 0.25) is 0 Å². The number of H-pyrrole nitrogens is 2. The number of aromatic amines is 2. The summed E-state index contributed by atoms with van der Waals surface area (Å²) in [5, 5.41) is 0. The number of rotatable bonds is 6. The van der Waals surface area contributed by atoms with E-state index in [1.807, 2.05) is 64.1 Å². The maximum absolute atomic E-state index is 15.4. The molecule has 8 aliphatic carbocycles. The first-order valence-electron chi connectivity index (χ1n) is 44.7. The van der Waals surface area contributed by atoms with Crippen molar-refractivity contribution in [3.63, 3.8) is 0 Å². The number of hydrogen-bond acceptors (Lipinski definition) is 14. The Morgan fingerprint density at radius 3 is 1.24 bits per heavy atom. The van der Waals surface area contributed by atoms with Crippen LogP contribution in [0.5, 0.6) is 0 Å². The number of allylic oxidation sites excluding steroid dienone is 4. The highest BCUT2D eigenvalue weighted by atomic mass is 19.4. The van der Waals surface area contributed by atoms with E-state index < -0.39 is 142 Å². The lowest BCUT2D eigenvalue weighted by molar-refractivity contribution is -0.243. The lowest BCUT2D eigenvalue weighted by Crippen LogP contribution is -2.64. The van der Waals surface area contributed by atoms with Gasteiger partial charge in [0.1, 0.15) is 36.6 Å². The molecule has 9 fully saturated rings. The fourth-order valence-electron chi connectivity index (χ4n) is 27.8. The second kappa shape index (κ2) is 30.7. The van der Waals surface area contributed by atoms with Crippen LogP contribution < -0.4 is 0 Å². The molecule has 0 radical (unpaired) electrons. The summed E-state index contributed by atoms with van der Waals surface area (Å²) >= 11 is 0. The average molecular weight is 1660 g/mol. The van der Waals surface area contributed by atoms with Gasteiger partial charge in [-0.15, -0.1) is 0 Å². The van der Waals surface area contributed by atoms with Crippen molar-refractivity contribution in [3.05, 3.63) is 117 Å². The van der Waals surface area contributed by atoms with E-state index in [9.17, 15) is 35.9 Å². The van der Waals surface area contributed by atoms with Gasteiger partial charge in [0.25, 0.3) is 0 Å². The van der Waals surface area contributed by atoms with Crippen LogP contribution in [-0.4, -0.2) is 105 Å². The SMILES string of the molecule is CCC1=C(C)c2nc1cc1[nH]c(c(C)c1CC)c1c3[nH]c(cc4nc(c2-c2cccc(c2)C(=O)OC2CCC5(C)C(C2)CC2OC(=O)CCC(C)C6CCC7C8C(CC9CC(CCC9(C)C8CC(OC(=O)C(F)(F)F)C67C)OC(=O)c6cccc-1c6)OC(=O)CCC(C)C1CCC6C2C5CC(OC(=O)C(F)(F)F)C16C)C(C)=C4CC)c(CC)c3C. The Kier molecular flexibility index (Phi) is 21.4. The van der Waals surface area contributed by atoms with Crippen molar-refractivity contribution >= 4 is 80.2 Å². The Bertz CT molecular complexity index is 5160. The predicted molar refractivity (Wildman–Crippen MR) is 444 cm³/mol. The summed E-state index contributed by atoms with van der Waals surface area (Å²) in [5.74, 6) is -11.3. The molecule has 16 nitrogen and oxygen atoms in total. The lowest BCUT2D eigenvalue weighted by Gasteiger charge is -2.64. The molecule has 25 rings (SSSR count). The van der Waals surface area contributed by atoms with Crippen LogP contribution >= 0.6 is 0 Å². The van der Waals surface area contributed by atoms with Crippen molar-refractivity contribution in [3.8, 4) is 22.3 Å². The summed E-state index contributed by atoms with van der Waals surface area (Å²) < 4.78 is 129. The molecule has 0 amide bonds. The monoisotopic (exact) mass is 1650 g/mol. The van der Waals surface area contributed by atoms with E-state index in [0.717, 1.165) is 106 Å². The molecule has 32 bridgehead atoms. The second-order valence-corrected chi connectivity index (χ2v) is 39.1. The number of carbonyl (C=O) groups excluding carboxylic acids is 6. The molecule has 3 aromatic heterocycles. The van der Waals surface area contributed by atoms with Crippen molar-refractivity contribution in [2.24, 2.45) is 92.7 Å². The number of esters is 6. The van der Waals surface area contributed by atoms with Crippen LogP contribution in [0.25, 0.3) is 66.6 Å². The van der Waals surface area contributed by atoms with Crippen LogP contribution in [0, 0.1) is 107 Å². The number of nitrogens with zero attached hydrogens (tertiary/aromatic N) is 2. The second-order valence-electron chi connectivity index (χ2n) is 39.1.